The standard InChI is InChI=1S/C67H53N3/c1-44-28-31-48(32-29-44)69(47-20-10-7-11-21-47)64-39-35-49(68(46-18-8-6-9-19-46)50-33-36-54-52-22-12-15-25-59(52)66(2,3)61(54)42-50)41-57(64)45-30-38-65-58(40-45)56-24-14-17-27-63(56)70(65)51-34-37-55-53-23-13-16-26-60(53)67(4,5)62(55)43-51/h6-43H,1-5H3. The second-order valence-electron chi connectivity index (χ2n) is 20.3. The van der Waals surface area contributed by atoms with E-state index in [4.69, 9.17) is 0 Å². The molecule has 0 saturated heterocycles. The molecule has 336 valence electrons. The molecular formula is C67H53N3. The van der Waals surface area contributed by atoms with Crippen molar-refractivity contribution in [1.29, 1.82) is 0 Å². The first-order valence-electron chi connectivity index (χ1n) is 24.6. The minimum Gasteiger partial charge on any atom is -0.310 e. The third kappa shape index (κ3) is 6.42. The zero-order chi connectivity index (χ0) is 47.3. The van der Waals surface area contributed by atoms with E-state index in [0.29, 0.717) is 0 Å². The van der Waals surface area contributed by atoms with Crippen molar-refractivity contribution >= 4 is 55.9 Å². The smallest absolute Gasteiger partial charge is 0.0541 e. The van der Waals surface area contributed by atoms with Gasteiger partial charge in [0.05, 0.1) is 16.7 Å². The zero-order valence-corrected chi connectivity index (χ0v) is 40.3. The third-order valence-electron chi connectivity index (χ3n) is 15.4. The summed E-state index contributed by atoms with van der Waals surface area (Å²) in [4.78, 5) is 4.85. The van der Waals surface area contributed by atoms with E-state index in [2.05, 4.69) is 280 Å². The van der Waals surface area contributed by atoms with Crippen LogP contribution in [0.25, 0.3) is 60.9 Å². The lowest BCUT2D eigenvalue weighted by atomic mass is 9.82. The van der Waals surface area contributed by atoms with Gasteiger partial charge in [0, 0.05) is 61.3 Å². The molecule has 0 N–H and O–H groups in total. The normalized spacial score (nSPS) is 13.7. The first kappa shape index (κ1) is 41.8. The summed E-state index contributed by atoms with van der Waals surface area (Å²) in [6.45, 7) is 11.6. The van der Waals surface area contributed by atoms with E-state index in [0.717, 1.165) is 45.3 Å². The van der Waals surface area contributed by atoms with E-state index in [1.807, 2.05) is 0 Å². The Kier molecular flexibility index (Phi) is 9.45. The number of anilines is 6. The fourth-order valence-electron chi connectivity index (χ4n) is 11.9. The van der Waals surface area contributed by atoms with Crippen molar-refractivity contribution in [2.24, 2.45) is 0 Å². The molecule has 0 radical (unpaired) electrons. The molecule has 2 aliphatic carbocycles. The molecule has 0 amide bonds. The maximum absolute atomic E-state index is 2.47. The number of hydrogen-bond acceptors (Lipinski definition) is 2. The molecule has 10 aromatic carbocycles. The molecule has 0 saturated carbocycles. The van der Waals surface area contributed by atoms with Crippen molar-refractivity contribution in [1.82, 2.24) is 4.57 Å². The molecule has 11 aromatic rings. The van der Waals surface area contributed by atoms with Crippen LogP contribution in [0.2, 0.25) is 0 Å². The third-order valence-corrected chi connectivity index (χ3v) is 15.4. The van der Waals surface area contributed by atoms with Crippen LogP contribution >= 0.6 is 0 Å². The maximum atomic E-state index is 2.47. The van der Waals surface area contributed by atoms with E-state index >= 15 is 0 Å². The fraction of sp³-hybridized carbons (Fsp3) is 0.104. The Morgan fingerprint density at radius 3 is 1.51 bits per heavy atom. The van der Waals surface area contributed by atoms with Gasteiger partial charge in [0.1, 0.15) is 0 Å². The molecule has 13 rings (SSSR count). The van der Waals surface area contributed by atoms with Crippen LogP contribution in [0.4, 0.5) is 34.1 Å². The number of fused-ring (bicyclic) bond motifs is 9. The summed E-state index contributed by atoms with van der Waals surface area (Å²) in [5.74, 6) is 0. The highest BCUT2D eigenvalue weighted by Gasteiger charge is 2.37. The van der Waals surface area contributed by atoms with Crippen molar-refractivity contribution in [2.75, 3.05) is 9.80 Å². The lowest BCUT2D eigenvalue weighted by molar-refractivity contribution is 0.660. The average molecular weight is 900 g/mol. The molecule has 0 spiro atoms. The molecular weight excluding hydrogens is 847 g/mol. The van der Waals surface area contributed by atoms with Crippen LogP contribution in [-0.4, -0.2) is 4.57 Å². The summed E-state index contributed by atoms with van der Waals surface area (Å²) in [5.41, 5.74) is 24.2. The predicted molar refractivity (Wildman–Crippen MR) is 295 cm³/mol. The van der Waals surface area contributed by atoms with Gasteiger partial charge in [0.2, 0.25) is 0 Å². The van der Waals surface area contributed by atoms with Crippen molar-refractivity contribution in [2.45, 2.75) is 45.4 Å². The van der Waals surface area contributed by atoms with Crippen LogP contribution in [0, 0.1) is 6.92 Å². The second-order valence-corrected chi connectivity index (χ2v) is 20.3. The highest BCUT2D eigenvalue weighted by molar-refractivity contribution is 6.11. The Morgan fingerprint density at radius 1 is 0.329 bits per heavy atom. The SMILES string of the molecule is Cc1ccc(N(c2ccccc2)c2ccc(N(c3ccccc3)c3ccc4c(c3)C(C)(C)c3ccccc3-4)cc2-c2ccc3c(c2)c2ccccc2n3-c2ccc3c(c2)C(C)(C)c2ccccc2-3)cc1. The van der Waals surface area contributed by atoms with Gasteiger partial charge >= 0.3 is 0 Å². The first-order valence-corrected chi connectivity index (χ1v) is 24.6. The molecule has 3 nitrogen and oxygen atoms in total. The molecule has 1 heterocycles. The average Bonchev–Trinajstić information content (AvgIpc) is 3.94. The van der Waals surface area contributed by atoms with E-state index < -0.39 is 0 Å². The van der Waals surface area contributed by atoms with Gasteiger partial charge in [-0.15, -0.1) is 0 Å². The molecule has 3 heteroatoms. The number of benzene rings is 10. The Morgan fingerprint density at radius 2 is 0.829 bits per heavy atom. The van der Waals surface area contributed by atoms with Crippen LogP contribution in [0.15, 0.2) is 231 Å². The van der Waals surface area contributed by atoms with Crippen LogP contribution < -0.4 is 9.80 Å². The van der Waals surface area contributed by atoms with Gasteiger partial charge in [-0.05, 0) is 154 Å². The van der Waals surface area contributed by atoms with Gasteiger partial charge < -0.3 is 14.4 Å². The number of rotatable bonds is 8. The van der Waals surface area contributed by atoms with E-state index in [1.165, 1.54) is 77.6 Å². The quantitative estimate of drug-likeness (QED) is 0.151. The van der Waals surface area contributed by atoms with Gasteiger partial charge in [-0.2, -0.15) is 0 Å². The molecule has 70 heavy (non-hydrogen) atoms. The molecule has 0 atom stereocenters. The zero-order valence-electron chi connectivity index (χ0n) is 40.3. The monoisotopic (exact) mass is 899 g/mol. The minimum absolute atomic E-state index is 0.105. The highest BCUT2D eigenvalue weighted by atomic mass is 15.2. The molecule has 0 fully saturated rings. The Balaban J connectivity index is 1.03. The van der Waals surface area contributed by atoms with Crippen LogP contribution in [0.3, 0.4) is 0 Å². The van der Waals surface area contributed by atoms with Gasteiger partial charge in [-0.1, -0.05) is 167 Å². The summed E-state index contributed by atoms with van der Waals surface area (Å²) >= 11 is 0. The van der Waals surface area contributed by atoms with Gasteiger partial charge in [0.15, 0.2) is 0 Å². The van der Waals surface area contributed by atoms with E-state index in [9.17, 15) is 0 Å². The lowest BCUT2D eigenvalue weighted by Crippen LogP contribution is -2.17. The Labute approximate surface area is 411 Å². The van der Waals surface area contributed by atoms with Crippen molar-refractivity contribution < 1.29 is 0 Å². The Hall–Kier alpha value is -8.40. The molecule has 0 unspecified atom stereocenters. The largest absolute Gasteiger partial charge is 0.310 e. The van der Waals surface area contributed by atoms with Gasteiger partial charge in [-0.25, -0.2) is 0 Å². The van der Waals surface area contributed by atoms with Gasteiger partial charge in [0.25, 0.3) is 0 Å². The van der Waals surface area contributed by atoms with E-state index in [-0.39, 0.29) is 10.8 Å². The van der Waals surface area contributed by atoms with Crippen LogP contribution in [-0.2, 0) is 10.8 Å². The van der Waals surface area contributed by atoms with Crippen molar-refractivity contribution in [3.05, 3.63) is 258 Å². The number of aromatic nitrogens is 1. The van der Waals surface area contributed by atoms with Crippen LogP contribution in [0.5, 0.6) is 0 Å². The highest BCUT2D eigenvalue weighted by Crippen LogP contribution is 2.53. The number of para-hydroxylation sites is 3. The molecule has 0 aliphatic heterocycles. The summed E-state index contributed by atoms with van der Waals surface area (Å²) in [6, 6.07) is 85.6. The van der Waals surface area contributed by atoms with Gasteiger partial charge in [-0.3, -0.25) is 0 Å². The number of hydrogen-bond donors (Lipinski definition) is 0. The molecule has 1 aromatic heterocycles. The van der Waals surface area contributed by atoms with Crippen molar-refractivity contribution in [3.63, 3.8) is 0 Å². The van der Waals surface area contributed by atoms with Crippen LogP contribution in [0.1, 0.15) is 55.5 Å². The van der Waals surface area contributed by atoms with E-state index in [1.54, 1.807) is 0 Å². The predicted octanol–water partition coefficient (Wildman–Crippen LogP) is 18.3. The maximum Gasteiger partial charge on any atom is 0.0541 e. The summed E-state index contributed by atoms with van der Waals surface area (Å²) in [5, 5.41) is 2.45. The fourth-order valence-corrected chi connectivity index (χ4v) is 11.9. The summed E-state index contributed by atoms with van der Waals surface area (Å²) in [6.07, 6.45) is 0. The first-order chi connectivity index (χ1) is 34.1. The summed E-state index contributed by atoms with van der Waals surface area (Å²) in [7, 11) is 0. The number of aryl methyl sites for hydroxylation is 1. The van der Waals surface area contributed by atoms with Crippen molar-refractivity contribution in [3.8, 4) is 39.1 Å². The second kappa shape index (κ2) is 15.8. The lowest BCUT2D eigenvalue weighted by Gasteiger charge is -2.31. The molecule has 0 bridgehead atoms. The number of nitrogens with zero attached hydrogens (tertiary/aromatic N) is 3. The molecule has 2 aliphatic rings. The minimum atomic E-state index is -0.140. The topological polar surface area (TPSA) is 11.4 Å². The summed E-state index contributed by atoms with van der Waals surface area (Å²) < 4.78 is 2.47. The Bertz CT molecular complexity index is 3840.